The minimum atomic E-state index is -0.251. The lowest BCUT2D eigenvalue weighted by Gasteiger charge is -2.06. The molecule has 0 fully saturated rings. The molecule has 3 aromatic carbocycles. The first-order valence-corrected chi connectivity index (χ1v) is 11.7. The van der Waals surface area contributed by atoms with E-state index in [2.05, 4.69) is 54.4 Å². The summed E-state index contributed by atoms with van der Waals surface area (Å²) in [6.45, 7) is 4.38. The van der Waals surface area contributed by atoms with E-state index in [0.29, 0.717) is 11.1 Å². The average molecular weight is 429 g/mol. The van der Waals surface area contributed by atoms with Crippen molar-refractivity contribution in [2.75, 3.05) is 0 Å². The van der Waals surface area contributed by atoms with Crippen LogP contribution in [0.1, 0.15) is 68.2 Å². The van der Waals surface area contributed by atoms with E-state index in [-0.39, 0.29) is 5.82 Å². The van der Waals surface area contributed by atoms with E-state index in [1.54, 1.807) is 18.5 Å². The van der Waals surface area contributed by atoms with Crippen LogP contribution in [0, 0.1) is 5.82 Å². The number of nitrogens with zero attached hydrogens (tertiary/aromatic N) is 2. The maximum absolute atomic E-state index is 14.7. The summed E-state index contributed by atoms with van der Waals surface area (Å²) < 4.78 is 14.7. The molecule has 0 aliphatic carbocycles. The van der Waals surface area contributed by atoms with Crippen LogP contribution < -0.4 is 0 Å². The second-order valence-corrected chi connectivity index (χ2v) is 8.18. The van der Waals surface area contributed by atoms with Crippen LogP contribution in [-0.2, 0) is 12.8 Å². The molecular formula is C29H33FN2. The molecule has 0 N–H and O–H groups in total. The largest absolute Gasteiger partial charge is 0.206 e. The lowest BCUT2D eigenvalue weighted by atomic mass is 10.0. The zero-order chi connectivity index (χ0) is 22.6. The third kappa shape index (κ3) is 6.98. The highest BCUT2D eigenvalue weighted by Gasteiger charge is 2.06. The quantitative estimate of drug-likeness (QED) is 0.168. The first-order chi connectivity index (χ1) is 15.7. The Bertz CT molecular complexity index is 1040. The van der Waals surface area contributed by atoms with E-state index in [1.807, 2.05) is 24.3 Å². The summed E-state index contributed by atoms with van der Waals surface area (Å²) >= 11 is 0. The number of benzene rings is 3. The van der Waals surface area contributed by atoms with Gasteiger partial charge in [0.05, 0.1) is 12.4 Å². The van der Waals surface area contributed by atoms with E-state index in [9.17, 15) is 4.39 Å². The predicted octanol–water partition coefficient (Wildman–Crippen LogP) is 8.02. The minimum absolute atomic E-state index is 0.251. The van der Waals surface area contributed by atoms with Crippen LogP contribution in [0.3, 0.4) is 0 Å². The van der Waals surface area contributed by atoms with Crippen molar-refractivity contribution < 1.29 is 4.39 Å². The van der Waals surface area contributed by atoms with Crippen LogP contribution in [0.5, 0.6) is 0 Å². The Morgan fingerprint density at radius 2 is 1.53 bits per heavy atom. The van der Waals surface area contributed by atoms with Gasteiger partial charge < -0.3 is 0 Å². The molecular weight excluding hydrogens is 395 g/mol. The standard InChI is InChI=1S/C29H33FN2/c1-3-5-6-7-11-25-12-8-9-13-27(25)22-32-31-21-24-16-19-28(29(30)20-24)26-17-14-23(10-4-2)15-18-26/h8-9,12-22H,3-7,10-11H2,1-2H3. The molecule has 0 saturated carbocycles. The molecule has 3 heteroatoms. The first-order valence-electron chi connectivity index (χ1n) is 11.7. The molecule has 3 aromatic rings. The van der Waals surface area contributed by atoms with E-state index in [4.69, 9.17) is 0 Å². The molecule has 0 atom stereocenters. The fourth-order valence-corrected chi connectivity index (χ4v) is 3.81. The molecule has 0 aliphatic rings. The highest BCUT2D eigenvalue weighted by atomic mass is 19.1. The molecule has 0 heterocycles. The maximum Gasteiger partial charge on any atom is 0.131 e. The van der Waals surface area contributed by atoms with Gasteiger partial charge in [0.2, 0.25) is 0 Å². The van der Waals surface area contributed by atoms with E-state index < -0.39 is 0 Å². The smallest absolute Gasteiger partial charge is 0.131 e. The van der Waals surface area contributed by atoms with Crippen LogP contribution in [0.15, 0.2) is 76.9 Å². The molecule has 0 radical (unpaired) electrons. The lowest BCUT2D eigenvalue weighted by Crippen LogP contribution is -1.93. The topological polar surface area (TPSA) is 24.7 Å². The van der Waals surface area contributed by atoms with Crippen molar-refractivity contribution in [2.24, 2.45) is 10.2 Å². The lowest BCUT2D eigenvalue weighted by molar-refractivity contribution is 0.631. The Morgan fingerprint density at radius 1 is 0.750 bits per heavy atom. The predicted molar refractivity (Wildman–Crippen MR) is 135 cm³/mol. The van der Waals surface area contributed by atoms with Crippen molar-refractivity contribution in [1.29, 1.82) is 0 Å². The van der Waals surface area contributed by atoms with Gasteiger partial charge in [0.25, 0.3) is 0 Å². The van der Waals surface area contributed by atoms with Gasteiger partial charge in [-0.25, -0.2) is 4.39 Å². The zero-order valence-electron chi connectivity index (χ0n) is 19.2. The molecule has 0 spiro atoms. The van der Waals surface area contributed by atoms with Crippen LogP contribution in [0.4, 0.5) is 4.39 Å². The third-order valence-electron chi connectivity index (χ3n) is 5.62. The Morgan fingerprint density at radius 3 is 2.28 bits per heavy atom. The second kappa shape index (κ2) is 12.7. The second-order valence-electron chi connectivity index (χ2n) is 8.18. The van der Waals surface area contributed by atoms with Crippen molar-refractivity contribution in [2.45, 2.75) is 58.8 Å². The van der Waals surface area contributed by atoms with Crippen molar-refractivity contribution in [3.05, 3.63) is 94.8 Å². The van der Waals surface area contributed by atoms with Crippen molar-refractivity contribution in [3.8, 4) is 11.1 Å². The van der Waals surface area contributed by atoms with Gasteiger partial charge in [0.1, 0.15) is 5.82 Å². The number of halogens is 1. The number of hydrogen-bond acceptors (Lipinski definition) is 2. The fourth-order valence-electron chi connectivity index (χ4n) is 3.81. The summed E-state index contributed by atoms with van der Waals surface area (Å²) in [7, 11) is 0. The van der Waals surface area contributed by atoms with Crippen molar-refractivity contribution in [3.63, 3.8) is 0 Å². The van der Waals surface area contributed by atoms with Gasteiger partial charge in [-0.1, -0.05) is 100 Å². The van der Waals surface area contributed by atoms with E-state index in [1.165, 1.54) is 42.9 Å². The Kier molecular flexibility index (Phi) is 9.37. The Balaban J connectivity index is 1.64. The number of unbranched alkanes of at least 4 members (excludes halogenated alkanes) is 3. The molecule has 0 bridgehead atoms. The van der Waals surface area contributed by atoms with Crippen molar-refractivity contribution >= 4 is 12.4 Å². The average Bonchev–Trinajstić information content (AvgIpc) is 2.81. The molecule has 0 aliphatic heterocycles. The Labute approximate surface area is 191 Å². The Hall–Kier alpha value is -3.07. The van der Waals surface area contributed by atoms with Crippen LogP contribution in [-0.4, -0.2) is 12.4 Å². The first kappa shape index (κ1) is 23.6. The van der Waals surface area contributed by atoms with Gasteiger partial charge in [-0.05, 0) is 53.1 Å². The van der Waals surface area contributed by atoms with Gasteiger partial charge in [0, 0.05) is 5.56 Å². The third-order valence-corrected chi connectivity index (χ3v) is 5.62. The van der Waals surface area contributed by atoms with Gasteiger partial charge in [-0.3, -0.25) is 0 Å². The SMILES string of the molecule is CCCCCCc1ccccc1C=NN=Cc1ccc(-c2ccc(CCC)cc2)c(F)c1. The zero-order valence-corrected chi connectivity index (χ0v) is 19.2. The molecule has 0 aromatic heterocycles. The number of aryl methyl sites for hydroxylation is 2. The van der Waals surface area contributed by atoms with Gasteiger partial charge >= 0.3 is 0 Å². The molecule has 0 amide bonds. The summed E-state index contributed by atoms with van der Waals surface area (Å²) in [4.78, 5) is 0. The summed E-state index contributed by atoms with van der Waals surface area (Å²) in [6.07, 6.45) is 11.5. The molecule has 166 valence electrons. The van der Waals surface area contributed by atoms with E-state index >= 15 is 0 Å². The summed E-state index contributed by atoms with van der Waals surface area (Å²) in [5.74, 6) is -0.251. The molecule has 2 nitrogen and oxygen atoms in total. The van der Waals surface area contributed by atoms with Gasteiger partial charge in [0.15, 0.2) is 0 Å². The summed E-state index contributed by atoms with van der Waals surface area (Å²) in [6, 6.07) is 21.6. The normalized spacial score (nSPS) is 11.6. The molecule has 3 rings (SSSR count). The van der Waals surface area contributed by atoms with Crippen molar-refractivity contribution in [1.82, 2.24) is 0 Å². The molecule has 0 saturated heterocycles. The van der Waals surface area contributed by atoms with Crippen LogP contribution >= 0.6 is 0 Å². The van der Waals surface area contributed by atoms with Crippen LogP contribution in [0.25, 0.3) is 11.1 Å². The highest BCUT2D eigenvalue weighted by Crippen LogP contribution is 2.24. The number of rotatable bonds is 11. The monoisotopic (exact) mass is 428 g/mol. The maximum atomic E-state index is 14.7. The minimum Gasteiger partial charge on any atom is -0.206 e. The van der Waals surface area contributed by atoms with Crippen LogP contribution in [0.2, 0.25) is 0 Å². The fraction of sp³-hybridized carbons (Fsp3) is 0.310. The highest BCUT2D eigenvalue weighted by molar-refractivity contribution is 5.84. The molecule has 0 unspecified atom stereocenters. The van der Waals surface area contributed by atoms with Gasteiger partial charge in [-0.15, -0.1) is 0 Å². The van der Waals surface area contributed by atoms with E-state index in [0.717, 1.165) is 30.4 Å². The molecule has 32 heavy (non-hydrogen) atoms. The van der Waals surface area contributed by atoms with Gasteiger partial charge in [-0.2, -0.15) is 10.2 Å². The number of hydrogen-bond donors (Lipinski definition) is 0. The summed E-state index contributed by atoms with van der Waals surface area (Å²) in [5.41, 5.74) is 5.85. The summed E-state index contributed by atoms with van der Waals surface area (Å²) in [5, 5.41) is 8.34.